The van der Waals surface area contributed by atoms with Gasteiger partial charge in [0, 0.05) is 5.69 Å². The molecule has 0 bridgehead atoms. The van der Waals surface area contributed by atoms with Gasteiger partial charge in [0.1, 0.15) is 11.8 Å². The Bertz CT molecular complexity index is 1540. The summed E-state index contributed by atoms with van der Waals surface area (Å²) < 4.78 is 0. The maximum absolute atomic E-state index is 14.4. The number of amides is 3. The van der Waals surface area contributed by atoms with Crippen molar-refractivity contribution in [1.29, 1.82) is 0 Å². The number of aliphatic hydroxyl groups is 1. The average Bonchev–Trinajstić information content (AvgIpc) is 3.00. The van der Waals surface area contributed by atoms with Crippen molar-refractivity contribution in [2.45, 2.75) is 109 Å². The zero-order chi connectivity index (χ0) is 32.4. The van der Waals surface area contributed by atoms with E-state index in [0.717, 1.165) is 68.9 Å². The first-order valence-electron chi connectivity index (χ1n) is 16.8. The molecular weight excluding hydrogens is 566 g/mol. The molecule has 2 saturated carbocycles. The Hall–Kier alpha value is -3.23. The van der Waals surface area contributed by atoms with Crippen molar-refractivity contribution in [3.8, 4) is 5.75 Å². The number of hydrogen-bond donors (Lipinski definition) is 5. The Balaban J connectivity index is 1.25. The van der Waals surface area contributed by atoms with E-state index in [0.29, 0.717) is 12.1 Å². The number of anilines is 1. The summed E-state index contributed by atoms with van der Waals surface area (Å²) >= 11 is 0. The molecule has 0 heterocycles. The summed E-state index contributed by atoms with van der Waals surface area (Å²) in [4.78, 5) is 41.1. The fourth-order valence-corrected chi connectivity index (χ4v) is 10.2. The van der Waals surface area contributed by atoms with Gasteiger partial charge in [0.2, 0.25) is 17.7 Å². The summed E-state index contributed by atoms with van der Waals surface area (Å²) in [6, 6.07) is 10.6. The Morgan fingerprint density at radius 1 is 0.822 bits per heavy atom. The minimum atomic E-state index is -0.997. The molecule has 6 rings (SSSR count). The summed E-state index contributed by atoms with van der Waals surface area (Å²) in [5.74, 6) is -0.423. The maximum atomic E-state index is 14.4. The molecule has 8 nitrogen and oxygen atoms in total. The molecule has 242 valence electrons. The number of imide groups is 1. The molecule has 4 aliphatic carbocycles. The van der Waals surface area contributed by atoms with Crippen LogP contribution in [-0.4, -0.2) is 40.6 Å². The monoisotopic (exact) mass is 615 g/mol. The number of phenols is 1. The molecule has 0 aromatic heterocycles. The van der Waals surface area contributed by atoms with E-state index < -0.39 is 29.4 Å². The number of phenolic OH excluding ortho intramolecular Hbond substituents is 1. The van der Waals surface area contributed by atoms with Crippen molar-refractivity contribution in [3.63, 3.8) is 0 Å². The second kappa shape index (κ2) is 11.2. The lowest BCUT2D eigenvalue weighted by Crippen LogP contribution is -2.60. The van der Waals surface area contributed by atoms with Crippen LogP contribution in [-0.2, 0) is 38.1 Å². The highest BCUT2D eigenvalue weighted by Crippen LogP contribution is 2.59. The molecule has 2 fully saturated rings. The number of hydrogen-bond acceptors (Lipinski definition) is 6. The van der Waals surface area contributed by atoms with Crippen LogP contribution in [0.1, 0.15) is 101 Å². The third-order valence-corrected chi connectivity index (χ3v) is 12.8. The molecule has 2 aromatic rings. The molecule has 45 heavy (non-hydrogen) atoms. The first-order chi connectivity index (χ1) is 21.3. The SMILES string of the molecule is C[C@]1(C(=O)NC(=O)[C@@]2(C)CCC[C@]3(C)c4cc(NC(=O)[C@@H](N)CO)ccc4CC[C@@H]23)CCC[C@]2(C)c3cc(O)ccc3CC[C@@H]12. The van der Waals surface area contributed by atoms with Gasteiger partial charge in [-0.2, -0.15) is 0 Å². The number of aromatic hydroxyl groups is 1. The number of aryl methyl sites for hydroxylation is 2. The van der Waals surface area contributed by atoms with Gasteiger partial charge in [-0.1, -0.05) is 52.7 Å². The van der Waals surface area contributed by atoms with E-state index in [1.807, 2.05) is 38.1 Å². The summed E-state index contributed by atoms with van der Waals surface area (Å²) in [6.45, 7) is 8.13. The molecule has 6 N–H and O–H groups in total. The van der Waals surface area contributed by atoms with Gasteiger partial charge in [0.15, 0.2) is 0 Å². The van der Waals surface area contributed by atoms with Crippen LogP contribution in [0.4, 0.5) is 5.69 Å². The predicted molar refractivity (Wildman–Crippen MR) is 174 cm³/mol. The largest absolute Gasteiger partial charge is 0.508 e. The van der Waals surface area contributed by atoms with Gasteiger partial charge >= 0.3 is 0 Å². The zero-order valence-corrected chi connectivity index (χ0v) is 27.2. The van der Waals surface area contributed by atoms with Crippen LogP contribution < -0.4 is 16.4 Å². The van der Waals surface area contributed by atoms with Gasteiger partial charge in [0.05, 0.1) is 17.4 Å². The minimum Gasteiger partial charge on any atom is -0.508 e. The Labute approximate surface area is 266 Å². The van der Waals surface area contributed by atoms with Crippen LogP contribution >= 0.6 is 0 Å². The Kier molecular flexibility index (Phi) is 7.92. The van der Waals surface area contributed by atoms with E-state index >= 15 is 0 Å². The highest BCUT2D eigenvalue weighted by molar-refractivity contribution is 6.01. The lowest BCUT2D eigenvalue weighted by atomic mass is 9.49. The lowest BCUT2D eigenvalue weighted by molar-refractivity contribution is -0.150. The zero-order valence-electron chi connectivity index (χ0n) is 27.2. The van der Waals surface area contributed by atoms with Gasteiger partial charge in [-0.25, -0.2) is 0 Å². The smallest absolute Gasteiger partial charge is 0.243 e. The molecule has 0 aliphatic heterocycles. The molecule has 8 heteroatoms. The number of rotatable bonds is 5. The Morgan fingerprint density at radius 2 is 1.33 bits per heavy atom. The molecule has 0 spiro atoms. The van der Waals surface area contributed by atoms with Gasteiger partial charge in [-0.05, 0) is 121 Å². The number of nitrogens with two attached hydrogens (primary N) is 1. The second-order valence-corrected chi connectivity index (χ2v) is 15.3. The van der Waals surface area contributed by atoms with E-state index in [1.54, 1.807) is 6.07 Å². The normalized spacial score (nSPS) is 34.3. The predicted octanol–water partition coefficient (Wildman–Crippen LogP) is 5.01. The number of carbonyl (C=O) groups excluding carboxylic acids is 3. The number of fused-ring (bicyclic) bond motifs is 6. The van der Waals surface area contributed by atoms with Crippen LogP contribution in [0, 0.1) is 22.7 Å². The number of carbonyl (C=O) groups is 3. The van der Waals surface area contributed by atoms with Crippen molar-refractivity contribution in [1.82, 2.24) is 5.32 Å². The molecule has 2 aromatic carbocycles. The molecule has 0 radical (unpaired) electrons. The molecule has 7 atom stereocenters. The molecule has 0 saturated heterocycles. The summed E-state index contributed by atoms with van der Waals surface area (Å²) in [5, 5.41) is 25.5. The maximum Gasteiger partial charge on any atom is 0.243 e. The lowest BCUT2D eigenvalue weighted by Gasteiger charge is -2.56. The van der Waals surface area contributed by atoms with E-state index in [4.69, 9.17) is 5.73 Å². The van der Waals surface area contributed by atoms with Gasteiger partial charge in [-0.3, -0.25) is 19.7 Å². The van der Waals surface area contributed by atoms with E-state index in [2.05, 4.69) is 30.5 Å². The van der Waals surface area contributed by atoms with Crippen molar-refractivity contribution < 1.29 is 24.6 Å². The summed E-state index contributed by atoms with van der Waals surface area (Å²) in [6.07, 6.45) is 8.47. The van der Waals surface area contributed by atoms with Crippen LogP contribution in [0.3, 0.4) is 0 Å². The number of aliphatic hydroxyl groups excluding tert-OH is 1. The fourth-order valence-electron chi connectivity index (χ4n) is 10.2. The van der Waals surface area contributed by atoms with Crippen molar-refractivity contribution >= 4 is 23.4 Å². The topological polar surface area (TPSA) is 142 Å². The van der Waals surface area contributed by atoms with Crippen molar-refractivity contribution in [2.24, 2.45) is 28.4 Å². The second-order valence-electron chi connectivity index (χ2n) is 15.3. The van der Waals surface area contributed by atoms with Crippen LogP contribution in [0.25, 0.3) is 0 Å². The third kappa shape index (κ3) is 4.99. The van der Waals surface area contributed by atoms with E-state index in [1.165, 1.54) is 11.1 Å². The third-order valence-electron chi connectivity index (χ3n) is 12.8. The van der Waals surface area contributed by atoms with Crippen LogP contribution in [0.15, 0.2) is 36.4 Å². The minimum absolute atomic E-state index is 0.0265. The van der Waals surface area contributed by atoms with Gasteiger partial charge in [0.25, 0.3) is 0 Å². The summed E-state index contributed by atoms with van der Waals surface area (Å²) in [7, 11) is 0. The highest BCUT2D eigenvalue weighted by Gasteiger charge is 2.58. The first-order valence-corrected chi connectivity index (χ1v) is 16.8. The van der Waals surface area contributed by atoms with E-state index in [-0.39, 0.29) is 40.2 Å². The quantitative estimate of drug-likeness (QED) is 0.299. The Morgan fingerprint density at radius 3 is 1.87 bits per heavy atom. The molecular formula is C37H49N3O5. The molecule has 0 unspecified atom stereocenters. The summed E-state index contributed by atoms with van der Waals surface area (Å²) in [5.41, 5.74) is 9.15. The molecule has 4 aliphatic rings. The fraction of sp³-hybridized carbons (Fsp3) is 0.595. The first kappa shape index (κ1) is 31.7. The van der Waals surface area contributed by atoms with Crippen molar-refractivity contribution in [3.05, 3.63) is 58.7 Å². The average molecular weight is 616 g/mol. The van der Waals surface area contributed by atoms with Gasteiger partial charge < -0.3 is 21.3 Å². The standard InChI is InChI=1S/C37H49N3O5/c1-34-15-5-17-36(3,29(34)13-9-22-7-11-24(19-26(22)34)39-31(43)28(38)21-41)32(44)40-33(45)37(4)18-6-16-35(2)27-20-25(42)12-8-23(27)10-14-30(35)37/h7-8,11-12,19-20,28-30,41-42H,5-6,9-10,13-18,21,38H2,1-4H3,(H,39,43)(H,40,44,45)/t28-,29+,30+,34+,35+,36-,37-/m0/s1. The highest BCUT2D eigenvalue weighted by atomic mass is 16.3. The molecule has 3 amide bonds. The van der Waals surface area contributed by atoms with Crippen molar-refractivity contribution in [2.75, 3.05) is 11.9 Å². The van der Waals surface area contributed by atoms with E-state index in [9.17, 15) is 24.6 Å². The van der Waals surface area contributed by atoms with Gasteiger partial charge in [-0.15, -0.1) is 0 Å². The van der Waals surface area contributed by atoms with Crippen LogP contribution in [0.2, 0.25) is 0 Å². The number of nitrogens with one attached hydrogen (secondary N) is 2. The number of benzene rings is 2. The van der Waals surface area contributed by atoms with Crippen LogP contribution in [0.5, 0.6) is 5.75 Å².